The molecule has 2 aromatic heterocycles. The average molecular weight is 316 g/mol. The third kappa shape index (κ3) is 4.77. The predicted molar refractivity (Wildman–Crippen MR) is 89.5 cm³/mol. The molecule has 0 fully saturated rings. The Morgan fingerprint density at radius 2 is 1.96 bits per heavy atom. The monoisotopic (exact) mass is 316 g/mol. The lowest BCUT2D eigenvalue weighted by molar-refractivity contribution is -0.125. The highest BCUT2D eigenvalue weighted by atomic mass is 16.1. The number of nitrogens with zero attached hydrogens (tertiary/aromatic N) is 4. The molecule has 1 amide bonds. The summed E-state index contributed by atoms with van der Waals surface area (Å²) in [5, 5.41) is 18.6. The van der Waals surface area contributed by atoms with Gasteiger partial charge in [0.05, 0.1) is 5.69 Å². The number of hydrogen-bond donors (Lipinski definition) is 2. The van der Waals surface area contributed by atoms with Gasteiger partial charge in [0.1, 0.15) is 5.82 Å². The minimum atomic E-state index is 0.103. The van der Waals surface area contributed by atoms with Gasteiger partial charge in [0.25, 0.3) is 0 Å². The van der Waals surface area contributed by atoms with Crippen molar-refractivity contribution in [1.29, 1.82) is 0 Å². The summed E-state index contributed by atoms with van der Waals surface area (Å²) < 4.78 is 1.68. The van der Waals surface area contributed by atoms with Crippen molar-refractivity contribution < 1.29 is 4.79 Å². The van der Waals surface area contributed by atoms with Crippen molar-refractivity contribution in [2.45, 2.75) is 33.6 Å². The molecule has 7 heteroatoms. The fraction of sp³-hybridized carbons (Fsp3) is 0.500. The number of aromatic nitrogens is 4. The number of hydrogen-bond acceptors (Lipinski definition) is 5. The standard InChI is InChI=1S/C16H24N6O/c1-4-13(5-2)16(23)18-10-9-17-14-6-7-15(20-19-14)22-11-8-12(3)21-22/h6-8,11,13H,4-5,9-10H2,1-3H3,(H,17,19)(H,18,23). The highest BCUT2D eigenvalue weighted by Crippen LogP contribution is 2.07. The van der Waals surface area contributed by atoms with Gasteiger partial charge in [-0.1, -0.05) is 13.8 Å². The minimum Gasteiger partial charge on any atom is -0.367 e. The van der Waals surface area contributed by atoms with Crippen LogP contribution in [0.1, 0.15) is 32.4 Å². The number of anilines is 1. The second-order valence-corrected chi connectivity index (χ2v) is 5.41. The van der Waals surface area contributed by atoms with Gasteiger partial charge >= 0.3 is 0 Å². The number of amides is 1. The van der Waals surface area contributed by atoms with Gasteiger partial charge in [-0.15, -0.1) is 10.2 Å². The van der Waals surface area contributed by atoms with Gasteiger partial charge in [-0.3, -0.25) is 4.79 Å². The zero-order chi connectivity index (χ0) is 16.7. The van der Waals surface area contributed by atoms with Crippen molar-refractivity contribution in [3.8, 4) is 5.82 Å². The van der Waals surface area contributed by atoms with Crippen LogP contribution in [0.3, 0.4) is 0 Å². The fourth-order valence-corrected chi connectivity index (χ4v) is 2.26. The van der Waals surface area contributed by atoms with Crippen LogP contribution < -0.4 is 10.6 Å². The fourth-order valence-electron chi connectivity index (χ4n) is 2.26. The van der Waals surface area contributed by atoms with Crippen molar-refractivity contribution in [3.05, 3.63) is 30.1 Å². The summed E-state index contributed by atoms with van der Waals surface area (Å²) in [4.78, 5) is 11.8. The second-order valence-electron chi connectivity index (χ2n) is 5.41. The summed E-state index contributed by atoms with van der Waals surface area (Å²) in [5.74, 6) is 1.57. The summed E-state index contributed by atoms with van der Waals surface area (Å²) >= 11 is 0. The van der Waals surface area contributed by atoms with E-state index in [2.05, 4.69) is 25.9 Å². The van der Waals surface area contributed by atoms with Gasteiger partial charge < -0.3 is 10.6 Å². The van der Waals surface area contributed by atoms with E-state index in [1.54, 1.807) is 4.68 Å². The van der Waals surface area contributed by atoms with E-state index in [-0.39, 0.29) is 11.8 Å². The maximum Gasteiger partial charge on any atom is 0.223 e. The first-order chi connectivity index (χ1) is 11.1. The number of carbonyl (C=O) groups is 1. The third-order valence-electron chi connectivity index (χ3n) is 3.69. The number of carbonyl (C=O) groups excluding carboxylic acids is 1. The van der Waals surface area contributed by atoms with Crippen LogP contribution in [0.25, 0.3) is 5.82 Å². The molecule has 0 atom stereocenters. The van der Waals surface area contributed by atoms with Gasteiger partial charge in [-0.2, -0.15) is 5.10 Å². The molecule has 0 aliphatic heterocycles. The van der Waals surface area contributed by atoms with Gasteiger partial charge in [-0.05, 0) is 38.0 Å². The average Bonchev–Trinajstić information content (AvgIpc) is 3.00. The second kappa shape index (κ2) is 8.26. The summed E-state index contributed by atoms with van der Waals surface area (Å²) in [6.45, 7) is 7.17. The van der Waals surface area contributed by atoms with E-state index in [4.69, 9.17) is 0 Å². The first-order valence-electron chi connectivity index (χ1n) is 8.02. The zero-order valence-electron chi connectivity index (χ0n) is 13.9. The molecule has 0 saturated carbocycles. The lowest BCUT2D eigenvalue weighted by Gasteiger charge is -2.13. The van der Waals surface area contributed by atoms with Gasteiger partial charge in [0, 0.05) is 25.2 Å². The van der Waals surface area contributed by atoms with Crippen LogP contribution in [0.5, 0.6) is 0 Å². The first kappa shape index (κ1) is 16.9. The smallest absolute Gasteiger partial charge is 0.223 e. The Morgan fingerprint density at radius 3 is 2.52 bits per heavy atom. The highest BCUT2D eigenvalue weighted by molar-refractivity contribution is 5.78. The van der Waals surface area contributed by atoms with E-state index in [0.29, 0.717) is 24.7 Å². The number of aryl methyl sites for hydroxylation is 1. The normalized spacial score (nSPS) is 10.8. The molecule has 0 unspecified atom stereocenters. The van der Waals surface area contributed by atoms with Crippen LogP contribution in [0.15, 0.2) is 24.4 Å². The Morgan fingerprint density at radius 1 is 1.17 bits per heavy atom. The van der Waals surface area contributed by atoms with Gasteiger partial charge in [0.15, 0.2) is 5.82 Å². The Balaban J connectivity index is 1.77. The van der Waals surface area contributed by atoms with Crippen LogP contribution in [0.2, 0.25) is 0 Å². The molecule has 0 radical (unpaired) electrons. The van der Waals surface area contributed by atoms with Crippen LogP contribution in [0, 0.1) is 12.8 Å². The summed E-state index contributed by atoms with van der Waals surface area (Å²) in [6.07, 6.45) is 3.59. The number of nitrogens with one attached hydrogen (secondary N) is 2. The van der Waals surface area contributed by atoms with Crippen LogP contribution in [-0.2, 0) is 4.79 Å². The predicted octanol–water partition coefficient (Wildman–Crippen LogP) is 1.94. The Kier molecular flexibility index (Phi) is 6.08. The molecule has 2 N–H and O–H groups in total. The van der Waals surface area contributed by atoms with E-state index in [0.717, 1.165) is 18.5 Å². The van der Waals surface area contributed by atoms with Crippen molar-refractivity contribution in [2.24, 2.45) is 5.92 Å². The lowest BCUT2D eigenvalue weighted by Crippen LogP contribution is -2.33. The topological polar surface area (TPSA) is 84.7 Å². The van der Waals surface area contributed by atoms with Gasteiger partial charge in [-0.25, -0.2) is 4.68 Å². The lowest BCUT2D eigenvalue weighted by atomic mass is 10.0. The van der Waals surface area contributed by atoms with Crippen LogP contribution in [-0.4, -0.2) is 39.0 Å². The third-order valence-corrected chi connectivity index (χ3v) is 3.69. The molecule has 2 aromatic rings. The van der Waals surface area contributed by atoms with Gasteiger partial charge in [0.2, 0.25) is 5.91 Å². The molecule has 23 heavy (non-hydrogen) atoms. The molecule has 0 aromatic carbocycles. The highest BCUT2D eigenvalue weighted by Gasteiger charge is 2.12. The van der Waals surface area contributed by atoms with E-state index in [9.17, 15) is 4.79 Å². The molecule has 0 spiro atoms. The maximum atomic E-state index is 11.8. The maximum absolute atomic E-state index is 11.8. The van der Waals surface area contributed by atoms with E-state index in [1.165, 1.54) is 0 Å². The molecule has 0 bridgehead atoms. The largest absolute Gasteiger partial charge is 0.367 e. The van der Waals surface area contributed by atoms with Crippen molar-refractivity contribution >= 4 is 11.7 Å². The molecular formula is C16H24N6O. The Labute approximate surface area is 136 Å². The van der Waals surface area contributed by atoms with Crippen LogP contribution >= 0.6 is 0 Å². The Hall–Kier alpha value is -2.44. The van der Waals surface area contributed by atoms with Crippen molar-refractivity contribution in [1.82, 2.24) is 25.3 Å². The molecule has 2 heterocycles. The Bertz CT molecular complexity index is 618. The zero-order valence-corrected chi connectivity index (χ0v) is 13.9. The molecule has 2 rings (SSSR count). The molecule has 0 saturated heterocycles. The molecule has 7 nitrogen and oxygen atoms in total. The summed E-state index contributed by atoms with van der Waals surface area (Å²) in [6, 6.07) is 5.61. The van der Waals surface area contributed by atoms with Crippen molar-refractivity contribution in [2.75, 3.05) is 18.4 Å². The molecule has 0 aliphatic rings. The molecule has 0 aliphatic carbocycles. The minimum absolute atomic E-state index is 0.103. The molecule has 124 valence electrons. The van der Waals surface area contributed by atoms with Crippen molar-refractivity contribution in [3.63, 3.8) is 0 Å². The SMILES string of the molecule is CCC(CC)C(=O)NCCNc1ccc(-n2ccc(C)n2)nn1. The van der Waals surface area contributed by atoms with Crippen LogP contribution in [0.4, 0.5) is 5.82 Å². The molecular weight excluding hydrogens is 292 g/mol. The van der Waals surface area contributed by atoms with E-state index in [1.807, 2.05) is 45.2 Å². The first-order valence-corrected chi connectivity index (χ1v) is 8.02. The van der Waals surface area contributed by atoms with E-state index < -0.39 is 0 Å². The summed E-state index contributed by atoms with van der Waals surface area (Å²) in [5.41, 5.74) is 0.933. The summed E-state index contributed by atoms with van der Waals surface area (Å²) in [7, 11) is 0. The van der Waals surface area contributed by atoms with E-state index >= 15 is 0 Å². The number of rotatable bonds is 8. The quantitative estimate of drug-likeness (QED) is 0.727.